The van der Waals surface area contributed by atoms with Gasteiger partial charge in [-0.2, -0.15) is 0 Å². The van der Waals surface area contributed by atoms with Crippen molar-refractivity contribution in [2.75, 3.05) is 0 Å². The number of carbonyl (C=O) groups is 1. The molecule has 1 rings (SSSR count). The third-order valence-corrected chi connectivity index (χ3v) is 2.37. The quantitative estimate of drug-likeness (QED) is 0.654. The van der Waals surface area contributed by atoms with E-state index in [1.54, 1.807) is 0 Å². The van der Waals surface area contributed by atoms with E-state index in [4.69, 9.17) is 5.11 Å². The molecule has 11 heavy (non-hydrogen) atoms. The predicted octanol–water partition coefficient (Wildman–Crippen LogP) is 0.713. The van der Waals surface area contributed by atoms with Crippen molar-refractivity contribution in [2.45, 2.75) is 32.6 Å². The molecular weight excluding hydrogens is 198 g/mol. The van der Waals surface area contributed by atoms with E-state index < -0.39 is 5.97 Å². The van der Waals surface area contributed by atoms with Gasteiger partial charge in [0.2, 0.25) is 0 Å². The van der Waals surface area contributed by atoms with E-state index in [1.807, 2.05) is 0 Å². The summed E-state index contributed by atoms with van der Waals surface area (Å²) in [5, 5.41) is 8.62. The van der Waals surface area contributed by atoms with Crippen LogP contribution in [0.4, 0.5) is 0 Å². The Kier molecular flexibility index (Phi) is 4.93. The van der Waals surface area contributed by atoms with Gasteiger partial charge in [0.25, 0.3) is 0 Å². The summed E-state index contributed by atoms with van der Waals surface area (Å²) in [6, 6.07) is 0. The Bertz CT molecular complexity index is 128. The summed E-state index contributed by atoms with van der Waals surface area (Å²) in [4.78, 5) is 10.5. The Labute approximate surface area is 80.4 Å². The molecule has 0 atom stereocenters. The molecule has 0 aromatic carbocycles. The average Bonchev–Trinajstić information content (AvgIpc) is 1.88. The molecule has 1 N–H and O–H groups in total. The average molecular weight is 215 g/mol. The minimum atomic E-state index is -0.605. The van der Waals surface area contributed by atoms with Gasteiger partial charge in [-0.25, -0.2) is 0 Å². The molecule has 0 saturated heterocycles. The van der Waals surface area contributed by atoms with Crippen molar-refractivity contribution in [2.24, 2.45) is 11.8 Å². The zero-order chi connectivity index (χ0) is 7.56. The molecule has 0 bridgehead atoms. The normalized spacial score (nSPS) is 30.6. The first-order valence-electron chi connectivity index (χ1n) is 3.93. The molecule has 0 aliphatic heterocycles. The van der Waals surface area contributed by atoms with E-state index in [0.29, 0.717) is 0 Å². The molecule has 3 heteroatoms. The third-order valence-electron chi connectivity index (χ3n) is 2.37. The number of aliphatic carboxylic acids is 1. The molecular formula is C8H17GaO2. The molecule has 2 nitrogen and oxygen atoms in total. The maximum atomic E-state index is 10.5. The van der Waals surface area contributed by atoms with Crippen molar-refractivity contribution < 1.29 is 9.90 Å². The van der Waals surface area contributed by atoms with Gasteiger partial charge in [0.05, 0.1) is 5.92 Å². The Morgan fingerprint density at radius 3 is 2.09 bits per heavy atom. The van der Waals surface area contributed by atoms with Crippen LogP contribution in [0.3, 0.4) is 0 Å². The fourth-order valence-electron chi connectivity index (χ4n) is 1.51. The summed E-state index contributed by atoms with van der Waals surface area (Å²) in [5.74, 6) is 0.0960. The van der Waals surface area contributed by atoms with Gasteiger partial charge < -0.3 is 5.11 Å². The van der Waals surface area contributed by atoms with Gasteiger partial charge >= 0.3 is 25.8 Å². The van der Waals surface area contributed by atoms with Crippen LogP contribution < -0.4 is 0 Å². The molecule has 1 aliphatic carbocycles. The van der Waals surface area contributed by atoms with Crippen molar-refractivity contribution in [1.82, 2.24) is 0 Å². The van der Waals surface area contributed by atoms with Crippen molar-refractivity contribution >= 4 is 25.8 Å². The zero-order valence-corrected chi connectivity index (χ0v) is 6.34. The molecule has 0 unspecified atom stereocenters. The summed E-state index contributed by atoms with van der Waals surface area (Å²) in [6.07, 6.45) is 3.96. The van der Waals surface area contributed by atoms with E-state index in [1.165, 1.54) is 0 Å². The monoisotopic (exact) mass is 214 g/mol. The molecule has 0 heterocycles. The Hall–Kier alpha value is 0.106. The Morgan fingerprint density at radius 1 is 1.27 bits per heavy atom. The maximum absolute atomic E-state index is 10.5. The first-order chi connectivity index (χ1) is 4.70. The summed E-state index contributed by atoms with van der Waals surface area (Å²) in [7, 11) is 0. The minimum absolute atomic E-state index is 0. The van der Waals surface area contributed by atoms with Gasteiger partial charge in [-0.15, -0.1) is 0 Å². The van der Waals surface area contributed by atoms with E-state index in [9.17, 15) is 4.79 Å². The molecule has 1 fully saturated rings. The number of rotatable bonds is 1. The summed E-state index contributed by atoms with van der Waals surface area (Å²) >= 11 is 0. The van der Waals surface area contributed by atoms with Crippen molar-refractivity contribution in [3.05, 3.63) is 0 Å². The molecule has 1 saturated carbocycles. The number of hydrogen-bond acceptors (Lipinski definition) is 1. The second-order valence-corrected chi connectivity index (χ2v) is 3.30. The SMILES string of the molecule is CC1CCC(C(=O)O)CC1.[GaH3]. The Morgan fingerprint density at radius 2 is 1.73 bits per heavy atom. The summed E-state index contributed by atoms with van der Waals surface area (Å²) < 4.78 is 0. The van der Waals surface area contributed by atoms with Crippen molar-refractivity contribution in [3.63, 3.8) is 0 Å². The first kappa shape index (κ1) is 11.1. The number of carboxylic acids is 1. The van der Waals surface area contributed by atoms with E-state index in [0.717, 1.165) is 31.6 Å². The van der Waals surface area contributed by atoms with Gasteiger partial charge in [0.15, 0.2) is 0 Å². The van der Waals surface area contributed by atoms with Gasteiger partial charge in [0.1, 0.15) is 0 Å². The molecule has 0 amide bonds. The summed E-state index contributed by atoms with van der Waals surface area (Å²) in [6.45, 7) is 2.19. The van der Waals surface area contributed by atoms with Crippen LogP contribution >= 0.6 is 0 Å². The fraction of sp³-hybridized carbons (Fsp3) is 0.875. The number of hydrogen-bond donors (Lipinski definition) is 1. The van der Waals surface area contributed by atoms with Crippen LogP contribution in [-0.2, 0) is 4.79 Å². The molecule has 0 radical (unpaired) electrons. The second-order valence-electron chi connectivity index (χ2n) is 3.30. The van der Waals surface area contributed by atoms with Crippen LogP contribution in [0.15, 0.2) is 0 Å². The molecule has 1 aliphatic rings. The fourth-order valence-corrected chi connectivity index (χ4v) is 1.51. The van der Waals surface area contributed by atoms with Gasteiger partial charge in [0, 0.05) is 0 Å². The zero-order valence-electron chi connectivity index (χ0n) is 6.34. The predicted molar refractivity (Wildman–Crippen MR) is 48.7 cm³/mol. The van der Waals surface area contributed by atoms with E-state index >= 15 is 0 Å². The van der Waals surface area contributed by atoms with E-state index in [-0.39, 0.29) is 25.7 Å². The topological polar surface area (TPSA) is 37.3 Å². The summed E-state index contributed by atoms with van der Waals surface area (Å²) in [5.41, 5.74) is 0. The molecule has 0 spiro atoms. The van der Waals surface area contributed by atoms with Gasteiger partial charge in [-0.05, 0) is 31.6 Å². The van der Waals surface area contributed by atoms with Crippen molar-refractivity contribution in [3.8, 4) is 0 Å². The second kappa shape index (κ2) is 4.88. The van der Waals surface area contributed by atoms with Crippen LogP contribution in [-0.4, -0.2) is 30.9 Å². The van der Waals surface area contributed by atoms with Gasteiger partial charge in [-0.3, -0.25) is 4.79 Å². The molecule has 0 aromatic heterocycles. The van der Waals surface area contributed by atoms with Crippen LogP contribution in [0.5, 0.6) is 0 Å². The molecule has 64 valence electrons. The van der Waals surface area contributed by atoms with Crippen molar-refractivity contribution in [1.29, 1.82) is 0 Å². The third kappa shape index (κ3) is 3.34. The van der Waals surface area contributed by atoms with Crippen LogP contribution in [0.25, 0.3) is 0 Å². The van der Waals surface area contributed by atoms with E-state index in [2.05, 4.69) is 6.92 Å². The van der Waals surface area contributed by atoms with Crippen LogP contribution in [0.2, 0.25) is 0 Å². The van der Waals surface area contributed by atoms with Crippen LogP contribution in [0, 0.1) is 11.8 Å². The Balaban J connectivity index is 0.000001000. The standard InChI is InChI=1S/C8H14O2.Ga.3H/c1-6-2-4-7(5-3-6)8(9)10;;;;/h6-7H,2-5H2,1H3,(H,9,10);;;;. The first-order valence-corrected chi connectivity index (χ1v) is 3.93. The van der Waals surface area contributed by atoms with Crippen LogP contribution in [0.1, 0.15) is 32.6 Å². The molecule has 0 aromatic rings. The number of carboxylic acid groups (broad SMARTS) is 1. The van der Waals surface area contributed by atoms with Gasteiger partial charge in [-0.1, -0.05) is 6.92 Å².